The Kier molecular flexibility index (Phi) is 3.42. The second-order valence-electron chi connectivity index (χ2n) is 3.03. The molecule has 14 heavy (non-hydrogen) atoms. The molecule has 1 aliphatic heterocycles. The maximum atomic E-state index is 11.3. The molecule has 1 unspecified atom stereocenters. The van der Waals surface area contributed by atoms with Crippen LogP contribution in [-0.4, -0.2) is 47.6 Å². The van der Waals surface area contributed by atoms with Gasteiger partial charge in [-0.1, -0.05) is 0 Å². The fourth-order valence-electron chi connectivity index (χ4n) is 1.43. The molecule has 76 valence electrons. The lowest BCUT2D eigenvalue weighted by Gasteiger charge is -2.32. The van der Waals surface area contributed by atoms with Crippen molar-refractivity contribution in [1.82, 2.24) is 10.2 Å². The predicted octanol–water partition coefficient (Wildman–Crippen LogP) is -1.21. The van der Waals surface area contributed by atoms with Gasteiger partial charge >= 0.3 is 5.97 Å². The Morgan fingerprint density at radius 2 is 2.50 bits per heavy atom. The topological polar surface area (TPSA) is 93.4 Å². The zero-order chi connectivity index (χ0) is 10.6. The Balaban J connectivity index is 2.66. The lowest BCUT2D eigenvalue weighted by Crippen LogP contribution is -2.55. The zero-order valence-corrected chi connectivity index (χ0v) is 7.56. The van der Waals surface area contributed by atoms with Gasteiger partial charge in [-0.3, -0.25) is 14.5 Å². The van der Waals surface area contributed by atoms with E-state index in [0.29, 0.717) is 13.1 Å². The number of nitrogens with zero attached hydrogens (tertiary/aromatic N) is 2. The van der Waals surface area contributed by atoms with Gasteiger partial charge in [-0.25, -0.2) is 0 Å². The Labute approximate surface area is 81.1 Å². The van der Waals surface area contributed by atoms with Crippen molar-refractivity contribution < 1.29 is 14.7 Å². The SMILES string of the molecule is N#CCN1CCNC(=O)C1CC(=O)O. The molecule has 1 heterocycles. The summed E-state index contributed by atoms with van der Waals surface area (Å²) >= 11 is 0. The minimum absolute atomic E-state index is 0.0887. The van der Waals surface area contributed by atoms with E-state index in [0.717, 1.165) is 0 Å². The van der Waals surface area contributed by atoms with E-state index in [1.807, 2.05) is 6.07 Å². The van der Waals surface area contributed by atoms with E-state index >= 15 is 0 Å². The number of rotatable bonds is 3. The average Bonchev–Trinajstić information content (AvgIpc) is 2.11. The summed E-state index contributed by atoms with van der Waals surface area (Å²) in [6, 6.07) is 1.21. The maximum Gasteiger partial charge on any atom is 0.305 e. The number of carbonyl (C=O) groups is 2. The molecule has 1 atom stereocenters. The summed E-state index contributed by atoms with van der Waals surface area (Å²) in [7, 11) is 0. The molecule has 2 N–H and O–H groups in total. The van der Waals surface area contributed by atoms with Crippen LogP contribution >= 0.6 is 0 Å². The first kappa shape index (κ1) is 10.5. The summed E-state index contributed by atoms with van der Waals surface area (Å²) < 4.78 is 0. The van der Waals surface area contributed by atoms with E-state index < -0.39 is 12.0 Å². The zero-order valence-electron chi connectivity index (χ0n) is 7.56. The molecule has 6 nitrogen and oxygen atoms in total. The number of amides is 1. The monoisotopic (exact) mass is 197 g/mol. The maximum absolute atomic E-state index is 11.3. The van der Waals surface area contributed by atoms with Gasteiger partial charge in [0, 0.05) is 13.1 Å². The van der Waals surface area contributed by atoms with E-state index in [-0.39, 0.29) is 18.9 Å². The molecule has 0 aromatic heterocycles. The first-order chi connectivity index (χ1) is 6.65. The van der Waals surface area contributed by atoms with Crippen molar-refractivity contribution in [3.05, 3.63) is 0 Å². The first-order valence-electron chi connectivity index (χ1n) is 4.25. The van der Waals surface area contributed by atoms with Gasteiger partial charge in [-0.2, -0.15) is 5.26 Å². The Morgan fingerprint density at radius 1 is 1.79 bits per heavy atom. The highest BCUT2D eigenvalue weighted by Crippen LogP contribution is 2.07. The van der Waals surface area contributed by atoms with Gasteiger partial charge in [0.05, 0.1) is 19.0 Å². The van der Waals surface area contributed by atoms with E-state index in [2.05, 4.69) is 5.32 Å². The Bertz CT molecular complexity index is 284. The average molecular weight is 197 g/mol. The largest absolute Gasteiger partial charge is 0.481 e. The highest BCUT2D eigenvalue weighted by molar-refractivity contribution is 5.86. The van der Waals surface area contributed by atoms with Crippen molar-refractivity contribution in [3.63, 3.8) is 0 Å². The number of carbonyl (C=O) groups excluding carboxylic acids is 1. The summed E-state index contributed by atoms with van der Waals surface area (Å²) in [5.41, 5.74) is 0. The van der Waals surface area contributed by atoms with Gasteiger partial charge in [-0.05, 0) is 0 Å². The summed E-state index contributed by atoms with van der Waals surface area (Å²) in [5.74, 6) is -1.34. The molecule has 0 aliphatic carbocycles. The molecule has 1 aliphatic rings. The van der Waals surface area contributed by atoms with Gasteiger partial charge in [-0.15, -0.1) is 0 Å². The van der Waals surface area contributed by atoms with Crippen molar-refractivity contribution in [2.24, 2.45) is 0 Å². The van der Waals surface area contributed by atoms with Gasteiger partial charge in [0.15, 0.2) is 0 Å². The third-order valence-electron chi connectivity index (χ3n) is 2.08. The van der Waals surface area contributed by atoms with Crippen molar-refractivity contribution in [2.45, 2.75) is 12.5 Å². The Morgan fingerprint density at radius 3 is 3.07 bits per heavy atom. The second kappa shape index (κ2) is 4.58. The van der Waals surface area contributed by atoms with Gasteiger partial charge in [0.2, 0.25) is 5.91 Å². The number of carboxylic acid groups (broad SMARTS) is 1. The van der Waals surface area contributed by atoms with E-state index in [4.69, 9.17) is 10.4 Å². The summed E-state index contributed by atoms with van der Waals surface area (Å²) in [5, 5.41) is 19.6. The number of aliphatic carboxylic acids is 1. The molecule has 1 amide bonds. The van der Waals surface area contributed by atoms with Crippen LogP contribution in [0, 0.1) is 11.3 Å². The van der Waals surface area contributed by atoms with Crippen LogP contribution in [0.4, 0.5) is 0 Å². The fourth-order valence-corrected chi connectivity index (χ4v) is 1.43. The molecule has 1 saturated heterocycles. The van der Waals surface area contributed by atoms with Crippen LogP contribution in [0.25, 0.3) is 0 Å². The molecular weight excluding hydrogens is 186 g/mol. The molecule has 0 radical (unpaired) electrons. The van der Waals surface area contributed by atoms with Crippen LogP contribution in [0.1, 0.15) is 6.42 Å². The van der Waals surface area contributed by atoms with Crippen LogP contribution in [0.3, 0.4) is 0 Å². The van der Waals surface area contributed by atoms with Crippen LogP contribution < -0.4 is 5.32 Å². The summed E-state index contributed by atoms with van der Waals surface area (Å²) in [6.07, 6.45) is -0.256. The lowest BCUT2D eigenvalue weighted by atomic mass is 10.1. The van der Waals surface area contributed by atoms with Gasteiger partial charge in [0.25, 0.3) is 0 Å². The lowest BCUT2D eigenvalue weighted by molar-refractivity contribution is -0.142. The number of hydrogen-bond acceptors (Lipinski definition) is 4. The minimum Gasteiger partial charge on any atom is -0.481 e. The molecule has 0 saturated carbocycles. The molecule has 0 aromatic rings. The van der Waals surface area contributed by atoms with E-state index in [1.54, 1.807) is 4.90 Å². The molecule has 0 spiro atoms. The van der Waals surface area contributed by atoms with E-state index in [9.17, 15) is 9.59 Å². The minimum atomic E-state index is -1.03. The smallest absolute Gasteiger partial charge is 0.305 e. The quantitative estimate of drug-likeness (QED) is 0.553. The highest BCUT2D eigenvalue weighted by Gasteiger charge is 2.31. The van der Waals surface area contributed by atoms with Crippen molar-refractivity contribution >= 4 is 11.9 Å². The van der Waals surface area contributed by atoms with Crippen LogP contribution in [-0.2, 0) is 9.59 Å². The predicted molar refractivity (Wildman–Crippen MR) is 46.2 cm³/mol. The summed E-state index contributed by atoms with van der Waals surface area (Å²) in [4.78, 5) is 23.3. The molecular formula is C8H11N3O3. The summed E-state index contributed by atoms with van der Waals surface area (Å²) in [6.45, 7) is 1.08. The second-order valence-corrected chi connectivity index (χ2v) is 3.03. The van der Waals surface area contributed by atoms with Crippen LogP contribution in [0.15, 0.2) is 0 Å². The number of hydrogen-bond donors (Lipinski definition) is 2. The number of carboxylic acids is 1. The van der Waals surface area contributed by atoms with Crippen molar-refractivity contribution in [2.75, 3.05) is 19.6 Å². The molecule has 0 bridgehead atoms. The van der Waals surface area contributed by atoms with Gasteiger partial charge in [0.1, 0.15) is 6.04 Å². The van der Waals surface area contributed by atoms with Crippen molar-refractivity contribution in [3.8, 4) is 6.07 Å². The molecule has 6 heteroatoms. The molecule has 1 rings (SSSR count). The normalized spacial score (nSPS) is 22.5. The third kappa shape index (κ3) is 2.44. The third-order valence-corrected chi connectivity index (χ3v) is 2.08. The molecule has 1 fully saturated rings. The number of piperazine rings is 1. The Hall–Kier alpha value is -1.61. The van der Waals surface area contributed by atoms with Crippen molar-refractivity contribution in [1.29, 1.82) is 5.26 Å². The van der Waals surface area contributed by atoms with Gasteiger partial charge < -0.3 is 10.4 Å². The van der Waals surface area contributed by atoms with Crippen LogP contribution in [0.2, 0.25) is 0 Å². The standard InChI is InChI=1S/C8H11N3O3/c9-1-3-11-4-2-10-8(14)6(11)5-7(12)13/h6H,2-5H2,(H,10,14)(H,12,13). The number of nitrogens with one attached hydrogen (secondary N) is 1. The van der Waals surface area contributed by atoms with Crippen LogP contribution in [0.5, 0.6) is 0 Å². The molecule has 0 aromatic carbocycles. The van der Waals surface area contributed by atoms with E-state index in [1.165, 1.54) is 0 Å². The fraction of sp³-hybridized carbons (Fsp3) is 0.625. The first-order valence-corrected chi connectivity index (χ1v) is 4.25. The number of nitriles is 1. The highest BCUT2D eigenvalue weighted by atomic mass is 16.4.